The average molecular weight is 266 g/mol. The molecule has 19 heavy (non-hydrogen) atoms. The van der Waals surface area contributed by atoms with Crippen molar-refractivity contribution in [2.24, 2.45) is 5.41 Å². The van der Waals surface area contributed by atoms with E-state index in [1.807, 2.05) is 31.5 Å². The highest BCUT2D eigenvalue weighted by molar-refractivity contribution is 5.75. The smallest absolute Gasteiger partial charge is 0.310 e. The van der Waals surface area contributed by atoms with E-state index in [1.165, 1.54) is 0 Å². The summed E-state index contributed by atoms with van der Waals surface area (Å²) in [5, 5.41) is 14.1. The highest BCUT2D eigenvalue weighted by Gasteiger charge is 2.37. The lowest BCUT2D eigenvalue weighted by molar-refractivity contribution is -0.149. The third-order valence-corrected chi connectivity index (χ3v) is 3.94. The Bertz CT molecular complexity index is 426. The van der Waals surface area contributed by atoms with E-state index >= 15 is 0 Å². The van der Waals surface area contributed by atoms with Gasteiger partial charge in [0.2, 0.25) is 0 Å². The Morgan fingerprint density at radius 2 is 2.11 bits per heavy atom. The summed E-state index contributed by atoms with van der Waals surface area (Å²) in [6, 6.07) is 2.02. The summed E-state index contributed by atoms with van der Waals surface area (Å²) in [4.78, 5) is 11.7. The minimum Gasteiger partial charge on any atom is -0.481 e. The van der Waals surface area contributed by atoms with Gasteiger partial charge in [-0.05, 0) is 32.8 Å². The van der Waals surface area contributed by atoms with Crippen molar-refractivity contribution >= 4 is 5.97 Å². The van der Waals surface area contributed by atoms with E-state index in [1.54, 1.807) is 0 Å². The predicted octanol–water partition coefficient (Wildman–Crippen LogP) is 3.43. The molecule has 0 fully saturated rings. The fourth-order valence-corrected chi connectivity index (χ4v) is 2.60. The van der Waals surface area contributed by atoms with Crippen molar-refractivity contribution in [2.45, 2.75) is 66.3 Å². The van der Waals surface area contributed by atoms with Gasteiger partial charge in [-0.2, -0.15) is 5.10 Å². The average Bonchev–Trinajstić information content (AvgIpc) is 2.74. The second kappa shape index (κ2) is 6.73. The molecule has 4 nitrogen and oxygen atoms in total. The zero-order chi connectivity index (χ0) is 14.5. The monoisotopic (exact) mass is 266 g/mol. The van der Waals surface area contributed by atoms with E-state index in [0.29, 0.717) is 12.8 Å². The van der Waals surface area contributed by atoms with Crippen LogP contribution in [0.15, 0.2) is 6.07 Å². The van der Waals surface area contributed by atoms with Crippen LogP contribution < -0.4 is 0 Å². The van der Waals surface area contributed by atoms with Crippen molar-refractivity contribution in [3.63, 3.8) is 0 Å². The molecule has 0 bridgehead atoms. The maximum atomic E-state index is 11.7. The maximum Gasteiger partial charge on any atom is 0.310 e. The lowest BCUT2D eigenvalue weighted by atomic mass is 9.76. The fraction of sp³-hybridized carbons (Fsp3) is 0.733. The summed E-state index contributed by atoms with van der Waals surface area (Å²) >= 11 is 0. The number of carboxylic acids is 1. The van der Waals surface area contributed by atoms with E-state index in [-0.39, 0.29) is 0 Å². The molecule has 1 rings (SSSR count). The summed E-state index contributed by atoms with van der Waals surface area (Å²) in [6.07, 6.45) is 3.97. The van der Waals surface area contributed by atoms with Crippen molar-refractivity contribution < 1.29 is 9.90 Å². The minimum atomic E-state index is -0.676. The molecule has 1 aromatic heterocycles. The highest BCUT2D eigenvalue weighted by Crippen LogP contribution is 2.33. The molecule has 4 heteroatoms. The lowest BCUT2D eigenvalue weighted by Gasteiger charge is -2.28. The molecule has 0 aliphatic rings. The number of rotatable bonds is 8. The van der Waals surface area contributed by atoms with Gasteiger partial charge in [-0.3, -0.25) is 9.48 Å². The van der Waals surface area contributed by atoms with Crippen molar-refractivity contribution in [1.82, 2.24) is 9.78 Å². The Labute approximate surface area is 115 Å². The minimum absolute atomic E-state index is 0.577. The van der Waals surface area contributed by atoms with Crippen LogP contribution in [-0.4, -0.2) is 20.9 Å². The number of nitrogens with zero attached hydrogens (tertiary/aromatic N) is 2. The van der Waals surface area contributed by atoms with Crippen LogP contribution in [0.5, 0.6) is 0 Å². The van der Waals surface area contributed by atoms with Crippen molar-refractivity contribution in [3.05, 3.63) is 17.5 Å². The van der Waals surface area contributed by atoms with Gasteiger partial charge in [0.25, 0.3) is 0 Å². The number of unbranched alkanes of at least 4 members (excludes halogenated alkanes) is 1. The van der Waals surface area contributed by atoms with E-state index in [2.05, 4.69) is 12.0 Å². The van der Waals surface area contributed by atoms with Gasteiger partial charge in [0.15, 0.2) is 0 Å². The Kier molecular flexibility index (Phi) is 5.58. The molecule has 0 saturated carbocycles. The first kappa shape index (κ1) is 15.7. The first-order valence-corrected chi connectivity index (χ1v) is 7.25. The first-order valence-electron chi connectivity index (χ1n) is 7.25. The van der Waals surface area contributed by atoms with Crippen molar-refractivity contribution in [3.8, 4) is 0 Å². The molecule has 1 atom stereocenters. The predicted molar refractivity (Wildman–Crippen MR) is 76.2 cm³/mol. The van der Waals surface area contributed by atoms with Crippen LogP contribution in [0.3, 0.4) is 0 Å². The molecular formula is C15H26N2O2. The van der Waals surface area contributed by atoms with Crippen LogP contribution in [0.25, 0.3) is 0 Å². The second-order valence-corrected chi connectivity index (χ2v) is 5.31. The van der Waals surface area contributed by atoms with E-state index in [4.69, 9.17) is 0 Å². The van der Waals surface area contributed by atoms with Crippen LogP contribution >= 0.6 is 0 Å². The standard InChI is InChI=1S/C15H26N2O2/c1-5-8-9-15(6-2,14(18)19)11-13-10-12(4)16-17(13)7-3/h10H,5-9,11H2,1-4H3,(H,18,19). The van der Waals surface area contributed by atoms with Crippen molar-refractivity contribution in [2.75, 3.05) is 0 Å². The van der Waals surface area contributed by atoms with Crippen LogP contribution in [-0.2, 0) is 17.8 Å². The van der Waals surface area contributed by atoms with E-state index in [9.17, 15) is 9.90 Å². The van der Waals surface area contributed by atoms with Gasteiger partial charge in [0.05, 0.1) is 11.1 Å². The molecule has 1 N–H and O–H groups in total. The molecule has 1 unspecified atom stereocenters. The Morgan fingerprint density at radius 1 is 1.42 bits per heavy atom. The zero-order valence-corrected chi connectivity index (χ0v) is 12.6. The van der Waals surface area contributed by atoms with Gasteiger partial charge in [0.1, 0.15) is 0 Å². The summed E-state index contributed by atoms with van der Waals surface area (Å²) < 4.78 is 1.93. The van der Waals surface area contributed by atoms with E-state index < -0.39 is 11.4 Å². The molecule has 108 valence electrons. The number of hydrogen-bond donors (Lipinski definition) is 1. The summed E-state index contributed by atoms with van der Waals surface area (Å²) in [5.41, 5.74) is 1.36. The maximum absolute atomic E-state index is 11.7. The van der Waals surface area contributed by atoms with Gasteiger partial charge in [0, 0.05) is 18.7 Å². The topological polar surface area (TPSA) is 55.1 Å². The number of carboxylic acid groups (broad SMARTS) is 1. The third-order valence-electron chi connectivity index (χ3n) is 3.94. The number of aromatic nitrogens is 2. The van der Waals surface area contributed by atoms with Gasteiger partial charge < -0.3 is 5.11 Å². The fourth-order valence-electron chi connectivity index (χ4n) is 2.60. The van der Waals surface area contributed by atoms with Gasteiger partial charge in [-0.25, -0.2) is 0 Å². The molecular weight excluding hydrogens is 240 g/mol. The molecule has 0 amide bonds. The Hall–Kier alpha value is -1.32. The number of hydrogen-bond acceptors (Lipinski definition) is 2. The van der Waals surface area contributed by atoms with Crippen LogP contribution in [0.1, 0.15) is 57.8 Å². The molecule has 0 aromatic carbocycles. The molecule has 0 aliphatic heterocycles. The zero-order valence-electron chi connectivity index (χ0n) is 12.6. The van der Waals surface area contributed by atoms with Crippen LogP contribution in [0, 0.1) is 12.3 Å². The molecule has 0 spiro atoms. The lowest BCUT2D eigenvalue weighted by Crippen LogP contribution is -2.33. The normalized spacial score (nSPS) is 14.3. The van der Waals surface area contributed by atoms with Crippen LogP contribution in [0.2, 0.25) is 0 Å². The van der Waals surface area contributed by atoms with Crippen LogP contribution in [0.4, 0.5) is 0 Å². The second-order valence-electron chi connectivity index (χ2n) is 5.31. The Morgan fingerprint density at radius 3 is 2.58 bits per heavy atom. The molecule has 1 heterocycles. The SMILES string of the molecule is CCCCC(CC)(Cc1cc(C)nn1CC)C(=O)O. The van der Waals surface area contributed by atoms with Gasteiger partial charge >= 0.3 is 5.97 Å². The Balaban J connectivity index is 3.01. The van der Waals surface area contributed by atoms with E-state index in [0.717, 1.165) is 37.2 Å². The largest absolute Gasteiger partial charge is 0.481 e. The highest BCUT2D eigenvalue weighted by atomic mass is 16.4. The number of aliphatic carboxylic acids is 1. The molecule has 1 aromatic rings. The molecule has 0 aliphatic carbocycles. The van der Waals surface area contributed by atoms with Gasteiger partial charge in [-0.1, -0.05) is 26.7 Å². The molecule has 0 radical (unpaired) electrons. The van der Waals surface area contributed by atoms with Gasteiger partial charge in [-0.15, -0.1) is 0 Å². The summed E-state index contributed by atoms with van der Waals surface area (Å²) in [6.45, 7) is 8.86. The number of carbonyl (C=O) groups is 1. The van der Waals surface area contributed by atoms with Crippen molar-refractivity contribution in [1.29, 1.82) is 0 Å². The number of aryl methyl sites for hydroxylation is 2. The quantitative estimate of drug-likeness (QED) is 0.784. The summed E-state index contributed by atoms with van der Waals surface area (Å²) in [5.74, 6) is -0.676. The molecule has 0 saturated heterocycles. The first-order chi connectivity index (χ1) is 8.99. The third kappa shape index (κ3) is 3.58. The summed E-state index contributed by atoms with van der Waals surface area (Å²) in [7, 11) is 0.